The first-order valence-electron chi connectivity index (χ1n) is 7.31. The van der Waals surface area contributed by atoms with Crippen molar-refractivity contribution in [3.8, 4) is 0 Å². The van der Waals surface area contributed by atoms with Gasteiger partial charge in [-0.1, -0.05) is 23.7 Å². The van der Waals surface area contributed by atoms with E-state index in [-0.39, 0.29) is 12.1 Å². The monoisotopic (exact) mass is 327 g/mol. The summed E-state index contributed by atoms with van der Waals surface area (Å²) < 4.78 is 0. The molecular formula is C15H22ClN3OS. The van der Waals surface area contributed by atoms with Crippen LogP contribution >= 0.6 is 23.4 Å². The number of benzene rings is 1. The van der Waals surface area contributed by atoms with E-state index < -0.39 is 0 Å². The number of nitrogens with one attached hydrogen (secondary N) is 3. The minimum atomic E-state index is -0.0496. The van der Waals surface area contributed by atoms with Crippen molar-refractivity contribution < 1.29 is 4.79 Å². The summed E-state index contributed by atoms with van der Waals surface area (Å²) >= 11 is 7.72. The van der Waals surface area contributed by atoms with Crippen LogP contribution in [0.3, 0.4) is 0 Å². The van der Waals surface area contributed by atoms with E-state index in [1.54, 1.807) is 0 Å². The molecule has 1 aliphatic heterocycles. The van der Waals surface area contributed by atoms with Crippen LogP contribution in [0.2, 0.25) is 5.02 Å². The normalized spacial score (nSPS) is 17.7. The van der Waals surface area contributed by atoms with Crippen molar-refractivity contribution in [1.29, 1.82) is 0 Å². The molecule has 4 nitrogen and oxygen atoms in total. The van der Waals surface area contributed by atoms with E-state index in [0.29, 0.717) is 0 Å². The van der Waals surface area contributed by atoms with Gasteiger partial charge in [-0.15, -0.1) is 0 Å². The average molecular weight is 328 g/mol. The van der Waals surface area contributed by atoms with Crippen molar-refractivity contribution in [2.45, 2.75) is 24.6 Å². The standard InChI is InChI=1S/C15H22ClN3OS/c16-13-4-2-12(3-5-13)11-21-9-1-7-18-15(20)19-14-6-8-17-10-14/h2-5,14,17H,1,6-11H2,(H2,18,19,20)/t14-/m1/s1. The molecule has 3 N–H and O–H groups in total. The zero-order valence-corrected chi connectivity index (χ0v) is 13.6. The number of hydrogen-bond acceptors (Lipinski definition) is 3. The molecule has 0 bridgehead atoms. The minimum Gasteiger partial charge on any atom is -0.338 e. The van der Waals surface area contributed by atoms with Crippen LogP contribution in [0.25, 0.3) is 0 Å². The first-order chi connectivity index (χ1) is 10.2. The second-order valence-corrected chi connectivity index (χ2v) is 6.66. The van der Waals surface area contributed by atoms with Crippen LogP contribution in [0.15, 0.2) is 24.3 Å². The molecule has 0 saturated carbocycles. The number of hydrogen-bond donors (Lipinski definition) is 3. The van der Waals surface area contributed by atoms with Gasteiger partial charge in [-0.05, 0) is 42.8 Å². The van der Waals surface area contributed by atoms with E-state index >= 15 is 0 Å². The Morgan fingerprint density at radius 3 is 2.90 bits per heavy atom. The fourth-order valence-electron chi connectivity index (χ4n) is 2.16. The van der Waals surface area contributed by atoms with E-state index in [2.05, 4.69) is 28.1 Å². The van der Waals surface area contributed by atoms with E-state index in [9.17, 15) is 4.79 Å². The van der Waals surface area contributed by atoms with E-state index in [4.69, 9.17) is 11.6 Å². The van der Waals surface area contributed by atoms with Crippen molar-refractivity contribution in [2.75, 3.05) is 25.4 Å². The van der Waals surface area contributed by atoms with Crippen molar-refractivity contribution in [2.24, 2.45) is 0 Å². The molecule has 0 spiro atoms. The Bertz CT molecular complexity index is 435. The molecule has 1 fully saturated rings. The largest absolute Gasteiger partial charge is 0.338 e. The summed E-state index contributed by atoms with van der Waals surface area (Å²) in [5.74, 6) is 2.02. The second-order valence-electron chi connectivity index (χ2n) is 5.12. The molecule has 1 aromatic rings. The van der Waals surface area contributed by atoms with Gasteiger partial charge >= 0.3 is 6.03 Å². The average Bonchev–Trinajstić information content (AvgIpc) is 2.97. The summed E-state index contributed by atoms with van der Waals surface area (Å²) in [7, 11) is 0. The van der Waals surface area contributed by atoms with Gasteiger partial charge in [0.25, 0.3) is 0 Å². The summed E-state index contributed by atoms with van der Waals surface area (Å²) in [5, 5.41) is 9.88. The zero-order chi connectivity index (χ0) is 14.9. The number of carbonyl (C=O) groups is 1. The number of amides is 2. The highest BCUT2D eigenvalue weighted by Gasteiger charge is 2.15. The molecule has 2 rings (SSSR count). The third-order valence-electron chi connectivity index (χ3n) is 3.33. The van der Waals surface area contributed by atoms with Gasteiger partial charge in [0.1, 0.15) is 0 Å². The van der Waals surface area contributed by atoms with Gasteiger partial charge < -0.3 is 16.0 Å². The van der Waals surface area contributed by atoms with E-state index in [1.807, 2.05) is 23.9 Å². The third kappa shape index (κ3) is 6.59. The maximum absolute atomic E-state index is 11.6. The third-order valence-corrected chi connectivity index (χ3v) is 4.70. The van der Waals surface area contributed by atoms with Crippen molar-refractivity contribution >= 4 is 29.4 Å². The summed E-state index contributed by atoms with van der Waals surface area (Å²) in [6.45, 7) is 2.59. The lowest BCUT2D eigenvalue weighted by Crippen LogP contribution is -2.43. The highest BCUT2D eigenvalue weighted by atomic mass is 35.5. The number of carbonyl (C=O) groups excluding carboxylic acids is 1. The Kier molecular flexibility index (Phi) is 7.19. The van der Waals surface area contributed by atoms with Gasteiger partial charge in [0.2, 0.25) is 0 Å². The summed E-state index contributed by atoms with van der Waals surface area (Å²) in [5.41, 5.74) is 1.28. The van der Waals surface area contributed by atoms with Crippen LogP contribution in [0.4, 0.5) is 4.79 Å². The van der Waals surface area contributed by atoms with Crippen LogP contribution in [-0.2, 0) is 5.75 Å². The molecule has 1 heterocycles. The summed E-state index contributed by atoms with van der Waals surface area (Å²) in [6, 6.07) is 8.17. The van der Waals surface area contributed by atoms with Crippen LogP contribution in [0.1, 0.15) is 18.4 Å². The Morgan fingerprint density at radius 2 is 2.19 bits per heavy atom. The van der Waals surface area contributed by atoms with E-state index in [1.165, 1.54) is 5.56 Å². The minimum absolute atomic E-state index is 0.0496. The Hall–Kier alpha value is -0.910. The predicted octanol–water partition coefficient (Wildman–Crippen LogP) is 2.62. The Labute approximate surface area is 135 Å². The predicted molar refractivity (Wildman–Crippen MR) is 90.0 cm³/mol. The van der Waals surface area contributed by atoms with Gasteiger partial charge in [-0.2, -0.15) is 11.8 Å². The fraction of sp³-hybridized carbons (Fsp3) is 0.533. The number of urea groups is 1. The number of halogens is 1. The van der Waals surface area contributed by atoms with Crippen molar-refractivity contribution in [1.82, 2.24) is 16.0 Å². The molecule has 0 aliphatic carbocycles. The first kappa shape index (κ1) is 16.5. The Morgan fingerprint density at radius 1 is 1.38 bits per heavy atom. The Balaban J connectivity index is 1.47. The van der Waals surface area contributed by atoms with Crippen LogP contribution < -0.4 is 16.0 Å². The van der Waals surface area contributed by atoms with Gasteiger partial charge in [0.05, 0.1) is 0 Å². The first-order valence-corrected chi connectivity index (χ1v) is 8.84. The highest BCUT2D eigenvalue weighted by Crippen LogP contribution is 2.15. The summed E-state index contributed by atoms with van der Waals surface area (Å²) in [4.78, 5) is 11.6. The topological polar surface area (TPSA) is 53.2 Å². The quantitative estimate of drug-likeness (QED) is 0.675. The van der Waals surface area contributed by atoms with Gasteiger partial charge in [0.15, 0.2) is 0 Å². The number of thioether (sulfide) groups is 1. The van der Waals surface area contributed by atoms with Crippen LogP contribution in [-0.4, -0.2) is 37.5 Å². The van der Waals surface area contributed by atoms with Crippen LogP contribution in [0.5, 0.6) is 0 Å². The highest BCUT2D eigenvalue weighted by molar-refractivity contribution is 7.98. The molecular weight excluding hydrogens is 306 g/mol. The van der Waals surface area contributed by atoms with Crippen molar-refractivity contribution in [3.63, 3.8) is 0 Å². The van der Waals surface area contributed by atoms with E-state index in [0.717, 1.165) is 49.0 Å². The molecule has 1 saturated heterocycles. The maximum atomic E-state index is 11.6. The lowest BCUT2D eigenvalue weighted by atomic mass is 10.2. The van der Waals surface area contributed by atoms with Gasteiger partial charge in [0, 0.05) is 29.9 Å². The van der Waals surface area contributed by atoms with Gasteiger partial charge in [-0.25, -0.2) is 4.79 Å². The molecule has 1 aromatic carbocycles. The maximum Gasteiger partial charge on any atom is 0.315 e. The lowest BCUT2D eigenvalue weighted by Gasteiger charge is -2.12. The van der Waals surface area contributed by atoms with Crippen molar-refractivity contribution in [3.05, 3.63) is 34.9 Å². The SMILES string of the molecule is O=C(NCCCSCc1ccc(Cl)cc1)N[C@@H]1CCNC1. The molecule has 0 aromatic heterocycles. The molecule has 2 amide bonds. The summed E-state index contributed by atoms with van der Waals surface area (Å²) in [6.07, 6.45) is 2.00. The molecule has 1 aliphatic rings. The lowest BCUT2D eigenvalue weighted by molar-refractivity contribution is 0.238. The molecule has 0 radical (unpaired) electrons. The number of rotatable bonds is 7. The second kappa shape index (κ2) is 9.18. The molecule has 0 unspecified atom stereocenters. The molecule has 116 valence electrons. The molecule has 1 atom stereocenters. The fourth-order valence-corrected chi connectivity index (χ4v) is 3.21. The molecule has 6 heteroatoms. The zero-order valence-electron chi connectivity index (χ0n) is 12.0. The molecule has 21 heavy (non-hydrogen) atoms. The van der Waals surface area contributed by atoms with Crippen LogP contribution in [0, 0.1) is 0 Å². The smallest absolute Gasteiger partial charge is 0.315 e. The van der Waals surface area contributed by atoms with Gasteiger partial charge in [-0.3, -0.25) is 0 Å².